The van der Waals surface area contributed by atoms with Crippen LogP contribution in [0.1, 0.15) is 12.8 Å². The zero-order chi connectivity index (χ0) is 3.54. The van der Waals surface area contributed by atoms with Crippen LogP contribution < -0.4 is 0 Å². The molecule has 1 saturated heterocycles. The summed E-state index contributed by atoms with van der Waals surface area (Å²) in [5.41, 5.74) is 0. The minimum absolute atomic E-state index is 0. The van der Waals surface area contributed by atoms with Gasteiger partial charge in [0.25, 0.3) is 0 Å². The first kappa shape index (κ1) is 6.58. The van der Waals surface area contributed by atoms with E-state index in [1.165, 1.54) is 12.8 Å². The zero-order valence-corrected chi connectivity index (χ0v) is 6.91. The molecule has 0 atom stereocenters. The Morgan fingerprint density at radius 3 is 1.67 bits per heavy atom. The molecule has 1 aliphatic rings. The largest absolute Gasteiger partial charge is 2.00 e. The summed E-state index contributed by atoms with van der Waals surface area (Å²) in [6.45, 7) is 2.00. The van der Waals surface area contributed by atoms with Crippen LogP contribution in [0.15, 0.2) is 0 Å². The summed E-state index contributed by atoms with van der Waals surface area (Å²) in [5.74, 6) is 0. The minimum Gasteiger partial charge on any atom is -0.381 e. The van der Waals surface area contributed by atoms with Crippen LogP contribution in [0.25, 0.3) is 0 Å². The van der Waals surface area contributed by atoms with Gasteiger partial charge in [0.15, 0.2) is 0 Å². The number of hydrogen-bond acceptors (Lipinski definition) is 1. The standard InChI is InChI=1S/C4H8O.Zn/c1-2-4-5-3-1;/h1-4H2;/q;+2. The maximum Gasteiger partial charge on any atom is 2.00 e. The molecule has 0 unspecified atom stereocenters. The third kappa shape index (κ3) is 1.89. The van der Waals surface area contributed by atoms with E-state index in [4.69, 9.17) is 4.74 Å². The molecule has 0 spiro atoms. The summed E-state index contributed by atoms with van der Waals surface area (Å²) >= 11 is 0. The van der Waals surface area contributed by atoms with E-state index in [0.29, 0.717) is 0 Å². The number of ether oxygens (including phenoxy) is 1. The molecule has 0 saturated carbocycles. The van der Waals surface area contributed by atoms with E-state index in [0.717, 1.165) is 13.2 Å². The maximum atomic E-state index is 4.94. The van der Waals surface area contributed by atoms with Crippen molar-refractivity contribution >= 4 is 0 Å². The van der Waals surface area contributed by atoms with Crippen molar-refractivity contribution in [3.05, 3.63) is 0 Å². The molecular formula is C4H8OZn+2. The summed E-state index contributed by atoms with van der Waals surface area (Å²) in [6, 6.07) is 0. The fraction of sp³-hybridized carbons (Fsp3) is 1.00. The summed E-state index contributed by atoms with van der Waals surface area (Å²) in [5, 5.41) is 0. The summed E-state index contributed by atoms with van der Waals surface area (Å²) < 4.78 is 4.94. The Labute approximate surface area is 50.8 Å². The Hall–Kier alpha value is 0.583. The van der Waals surface area contributed by atoms with Crippen molar-refractivity contribution < 1.29 is 24.2 Å². The molecule has 6 heavy (non-hydrogen) atoms. The molecule has 0 amide bonds. The van der Waals surface area contributed by atoms with Crippen LogP contribution in [0.5, 0.6) is 0 Å². The van der Waals surface area contributed by atoms with Gasteiger partial charge in [0.1, 0.15) is 0 Å². The molecule has 30 valence electrons. The van der Waals surface area contributed by atoms with E-state index in [-0.39, 0.29) is 19.5 Å². The summed E-state index contributed by atoms with van der Waals surface area (Å²) in [7, 11) is 0. The Balaban J connectivity index is 0.000000250. The first-order valence-corrected chi connectivity index (χ1v) is 2.08. The molecule has 0 aromatic rings. The van der Waals surface area contributed by atoms with Crippen molar-refractivity contribution in [2.75, 3.05) is 13.2 Å². The molecule has 1 nitrogen and oxygen atoms in total. The second-order valence-electron chi connectivity index (χ2n) is 1.32. The van der Waals surface area contributed by atoms with Crippen LogP contribution in [-0.2, 0) is 24.2 Å². The summed E-state index contributed by atoms with van der Waals surface area (Å²) in [4.78, 5) is 0. The van der Waals surface area contributed by atoms with Crippen LogP contribution in [0.4, 0.5) is 0 Å². The van der Waals surface area contributed by atoms with Crippen molar-refractivity contribution in [1.29, 1.82) is 0 Å². The van der Waals surface area contributed by atoms with Crippen molar-refractivity contribution in [1.82, 2.24) is 0 Å². The first-order chi connectivity index (χ1) is 2.50. The molecule has 1 fully saturated rings. The maximum absolute atomic E-state index is 4.94. The van der Waals surface area contributed by atoms with Crippen LogP contribution in [0.3, 0.4) is 0 Å². The second-order valence-corrected chi connectivity index (χ2v) is 1.32. The van der Waals surface area contributed by atoms with E-state index >= 15 is 0 Å². The molecular weight excluding hydrogens is 129 g/mol. The molecule has 0 aliphatic carbocycles. The Kier molecular flexibility index (Phi) is 4.13. The molecule has 0 bridgehead atoms. The van der Waals surface area contributed by atoms with Crippen LogP contribution >= 0.6 is 0 Å². The first-order valence-electron chi connectivity index (χ1n) is 2.08. The number of hydrogen-bond donors (Lipinski definition) is 0. The minimum atomic E-state index is 0. The van der Waals surface area contributed by atoms with Gasteiger partial charge in [-0.2, -0.15) is 0 Å². The molecule has 0 N–H and O–H groups in total. The molecule has 1 heterocycles. The van der Waals surface area contributed by atoms with Gasteiger partial charge in [-0.1, -0.05) is 0 Å². The van der Waals surface area contributed by atoms with Gasteiger partial charge in [0.05, 0.1) is 0 Å². The number of rotatable bonds is 0. The fourth-order valence-corrected chi connectivity index (χ4v) is 0.510. The van der Waals surface area contributed by atoms with Crippen molar-refractivity contribution in [3.8, 4) is 0 Å². The quantitative estimate of drug-likeness (QED) is 0.449. The zero-order valence-electron chi connectivity index (χ0n) is 3.94. The fourth-order valence-electron chi connectivity index (χ4n) is 0.510. The summed E-state index contributed by atoms with van der Waals surface area (Å²) in [6.07, 6.45) is 2.56. The van der Waals surface area contributed by atoms with E-state index in [2.05, 4.69) is 0 Å². The molecule has 0 aromatic carbocycles. The van der Waals surface area contributed by atoms with Crippen LogP contribution in [0.2, 0.25) is 0 Å². The predicted molar refractivity (Wildman–Crippen MR) is 20.1 cm³/mol. The van der Waals surface area contributed by atoms with E-state index in [1.54, 1.807) is 0 Å². The van der Waals surface area contributed by atoms with E-state index in [1.807, 2.05) is 0 Å². The average Bonchev–Trinajstić information content (AvgIpc) is 1.76. The molecule has 0 radical (unpaired) electrons. The van der Waals surface area contributed by atoms with E-state index < -0.39 is 0 Å². The molecule has 2 heteroatoms. The molecule has 1 rings (SSSR count). The molecule has 0 aromatic heterocycles. The van der Waals surface area contributed by atoms with Gasteiger partial charge < -0.3 is 4.74 Å². The Bertz CT molecular complexity index is 19.1. The van der Waals surface area contributed by atoms with Crippen LogP contribution in [-0.4, -0.2) is 13.2 Å². The SMILES string of the molecule is C1CCOC1.[Zn+2]. The van der Waals surface area contributed by atoms with Gasteiger partial charge in [-0.25, -0.2) is 0 Å². The molecule has 1 aliphatic heterocycles. The van der Waals surface area contributed by atoms with Gasteiger partial charge in [-0.15, -0.1) is 0 Å². The third-order valence-electron chi connectivity index (χ3n) is 0.827. The topological polar surface area (TPSA) is 9.23 Å². The van der Waals surface area contributed by atoms with E-state index in [9.17, 15) is 0 Å². The Morgan fingerprint density at radius 1 is 1.00 bits per heavy atom. The van der Waals surface area contributed by atoms with Gasteiger partial charge in [-0.05, 0) is 12.8 Å². The van der Waals surface area contributed by atoms with Crippen molar-refractivity contribution in [2.24, 2.45) is 0 Å². The van der Waals surface area contributed by atoms with Gasteiger partial charge >= 0.3 is 19.5 Å². The Morgan fingerprint density at radius 2 is 1.50 bits per heavy atom. The van der Waals surface area contributed by atoms with Gasteiger partial charge in [0.2, 0.25) is 0 Å². The predicted octanol–water partition coefficient (Wildman–Crippen LogP) is 0.794. The van der Waals surface area contributed by atoms with Crippen LogP contribution in [0, 0.1) is 0 Å². The third-order valence-corrected chi connectivity index (χ3v) is 0.827. The van der Waals surface area contributed by atoms with Gasteiger partial charge in [0, 0.05) is 13.2 Å². The average molecular weight is 137 g/mol. The van der Waals surface area contributed by atoms with Gasteiger partial charge in [-0.3, -0.25) is 0 Å². The van der Waals surface area contributed by atoms with Crippen molar-refractivity contribution in [3.63, 3.8) is 0 Å². The second kappa shape index (κ2) is 3.76. The smallest absolute Gasteiger partial charge is 0.381 e. The normalized spacial score (nSPS) is 20.0. The monoisotopic (exact) mass is 136 g/mol. The van der Waals surface area contributed by atoms with Crippen molar-refractivity contribution in [2.45, 2.75) is 12.8 Å².